The Kier molecular flexibility index (Phi) is 6.27. The first-order valence-corrected chi connectivity index (χ1v) is 6.22. The number of hydrogen-bond donors (Lipinski definition) is 1. The van der Waals surface area contributed by atoms with Crippen LogP contribution in [0.25, 0.3) is 0 Å². The summed E-state index contributed by atoms with van der Waals surface area (Å²) in [7, 11) is 0. The van der Waals surface area contributed by atoms with E-state index in [1.54, 1.807) is 0 Å². The minimum atomic E-state index is 0.568. The molecule has 90 valence electrons. The van der Waals surface area contributed by atoms with Crippen LogP contribution in [0.5, 0.6) is 5.75 Å². The molecule has 0 heterocycles. The van der Waals surface area contributed by atoms with Gasteiger partial charge in [0.1, 0.15) is 5.75 Å². The van der Waals surface area contributed by atoms with Crippen molar-refractivity contribution in [2.45, 2.75) is 32.7 Å². The van der Waals surface area contributed by atoms with Crippen LogP contribution in [0.3, 0.4) is 0 Å². The van der Waals surface area contributed by atoms with Gasteiger partial charge in [0.05, 0.1) is 6.61 Å². The Hall–Kier alpha value is -0.730. The van der Waals surface area contributed by atoms with Crippen molar-refractivity contribution < 1.29 is 4.74 Å². The molecule has 0 fully saturated rings. The predicted molar refractivity (Wildman–Crippen MR) is 69.3 cm³/mol. The summed E-state index contributed by atoms with van der Waals surface area (Å²) in [6.45, 7) is 6.11. The Morgan fingerprint density at radius 2 is 2.00 bits per heavy atom. The van der Waals surface area contributed by atoms with Crippen LogP contribution in [-0.2, 0) is 0 Å². The summed E-state index contributed by atoms with van der Waals surface area (Å²) >= 11 is 5.79. The summed E-state index contributed by atoms with van der Waals surface area (Å²) in [4.78, 5) is 0. The topological polar surface area (TPSA) is 21.3 Å². The van der Waals surface area contributed by atoms with Crippen LogP contribution in [0, 0.1) is 0 Å². The van der Waals surface area contributed by atoms with Gasteiger partial charge in [-0.2, -0.15) is 0 Å². The van der Waals surface area contributed by atoms with Crippen LogP contribution in [0.1, 0.15) is 26.7 Å². The number of ether oxygens (including phenoxy) is 1. The molecule has 0 saturated carbocycles. The summed E-state index contributed by atoms with van der Waals surface area (Å²) in [5.74, 6) is 0.889. The maximum Gasteiger partial charge on any atom is 0.119 e. The molecule has 0 aromatic heterocycles. The molecule has 16 heavy (non-hydrogen) atoms. The lowest BCUT2D eigenvalue weighted by atomic mass is 10.2. The molecule has 0 saturated heterocycles. The van der Waals surface area contributed by atoms with Gasteiger partial charge in [-0.3, -0.25) is 0 Å². The standard InChI is InChI=1S/C13H20ClNO/c1-3-15-11(2)5-4-10-16-13-8-6-12(14)7-9-13/h6-9,11,15H,3-5,10H2,1-2H3. The predicted octanol–water partition coefficient (Wildman–Crippen LogP) is 3.50. The number of rotatable bonds is 7. The Morgan fingerprint density at radius 1 is 1.31 bits per heavy atom. The molecule has 0 aliphatic rings. The second-order valence-corrected chi connectivity index (χ2v) is 4.34. The van der Waals surface area contributed by atoms with Crippen molar-refractivity contribution in [3.8, 4) is 5.75 Å². The first kappa shape index (κ1) is 13.3. The molecule has 1 N–H and O–H groups in total. The number of halogens is 1. The lowest BCUT2D eigenvalue weighted by Crippen LogP contribution is -2.25. The summed E-state index contributed by atoms with van der Waals surface area (Å²) < 4.78 is 5.60. The van der Waals surface area contributed by atoms with Gasteiger partial charge in [-0.25, -0.2) is 0 Å². The molecule has 0 amide bonds. The zero-order valence-corrected chi connectivity index (χ0v) is 10.8. The van der Waals surface area contributed by atoms with Crippen molar-refractivity contribution in [3.05, 3.63) is 29.3 Å². The fourth-order valence-electron chi connectivity index (χ4n) is 1.56. The Balaban J connectivity index is 2.13. The van der Waals surface area contributed by atoms with E-state index in [0.29, 0.717) is 6.04 Å². The quantitative estimate of drug-likeness (QED) is 0.738. The van der Waals surface area contributed by atoms with Gasteiger partial charge in [-0.1, -0.05) is 18.5 Å². The van der Waals surface area contributed by atoms with E-state index < -0.39 is 0 Å². The average molecular weight is 242 g/mol. The third kappa shape index (κ3) is 5.38. The average Bonchev–Trinajstić information content (AvgIpc) is 2.27. The monoisotopic (exact) mass is 241 g/mol. The molecular formula is C13H20ClNO. The summed E-state index contributed by atoms with van der Waals surface area (Å²) in [6, 6.07) is 8.06. The van der Waals surface area contributed by atoms with Crippen molar-refractivity contribution >= 4 is 11.6 Å². The molecule has 0 aliphatic carbocycles. The summed E-state index contributed by atoms with van der Waals surface area (Å²) in [5, 5.41) is 4.12. The van der Waals surface area contributed by atoms with Crippen molar-refractivity contribution in [3.63, 3.8) is 0 Å². The van der Waals surface area contributed by atoms with Crippen LogP contribution < -0.4 is 10.1 Å². The van der Waals surface area contributed by atoms with Crippen LogP contribution in [0.15, 0.2) is 24.3 Å². The Bertz CT molecular complexity index is 286. The van der Waals surface area contributed by atoms with Crippen molar-refractivity contribution in [1.82, 2.24) is 5.32 Å². The van der Waals surface area contributed by atoms with E-state index in [4.69, 9.17) is 16.3 Å². The second-order valence-electron chi connectivity index (χ2n) is 3.90. The molecule has 2 nitrogen and oxygen atoms in total. The first-order valence-electron chi connectivity index (χ1n) is 5.84. The summed E-state index contributed by atoms with van der Waals surface area (Å²) in [5.41, 5.74) is 0. The van der Waals surface area contributed by atoms with E-state index in [9.17, 15) is 0 Å². The van der Waals surface area contributed by atoms with Crippen molar-refractivity contribution in [2.24, 2.45) is 0 Å². The van der Waals surface area contributed by atoms with Crippen LogP contribution in [0.2, 0.25) is 5.02 Å². The van der Waals surface area contributed by atoms with E-state index in [1.807, 2.05) is 24.3 Å². The molecule has 1 rings (SSSR count). The number of nitrogens with one attached hydrogen (secondary N) is 1. The molecule has 0 bridgehead atoms. The van der Waals surface area contributed by atoms with Gasteiger partial charge in [0, 0.05) is 11.1 Å². The fourth-order valence-corrected chi connectivity index (χ4v) is 1.69. The molecule has 1 atom stereocenters. The highest BCUT2D eigenvalue weighted by atomic mass is 35.5. The van der Waals surface area contributed by atoms with E-state index in [0.717, 1.165) is 36.8 Å². The van der Waals surface area contributed by atoms with Crippen LogP contribution >= 0.6 is 11.6 Å². The van der Waals surface area contributed by atoms with E-state index in [1.165, 1.54) is 0 Å². The van der Waals surface area contributed by atoms with Crippen LogP contribution in [-0.4, -0.2) is 19.2 Å². The van der Waals surface area contributed by atoms with Gasteiger partial charge in [-0.15, -0.1) is 0 Å². The molecular weight excluding hydrogens is 222 g/mol. The van der Waals surface area contributed by atoms with E-state index in [2.05, 4.69) is 19.2 Å². The lowest BCUT2D eigenvalue weighted by Gasteiger charge is -2.12. The van der Waals surface area contributed by atoms with Gasteiger partial charge in [0.25, 0.3) is 0 Å². The fraction of sp³-hybridized carbons (Fsp3) is 0.538. The third-order valence-electron chi connectivity index (χ3n) is 2.42. The largest absolute Gasteiger partial charge is 0.494 e. The third-order valence-corrected chi connectivity index (χ3v) is 2.67. The molecule has 0 radical (unpaired) electrons. The van der Waals surface area contributed by atoms with Gasteiger partial charge in [0.2, 0.25) is 0 Å². The highest BCUT2D eigenvalue weighted by molar-refractivity contribution is 6.30. The molecule has 1 aromatic carbocycles. The van der Waals surface area contributed by atoms with Gasteiger partial charge < -0.3 is 10.1 Å². The van der Waals surface area contributed by atoms with Crippen molar-refractivity contribution in [2.75, 3.05) is 13.2 Å². The SMILES string of the molecule is CCNC(C)CCCOc1ccc(Cl)cc1. The number of benzene rings is 1. The zero-order valence-electron chi connectivity index (χ0n) is 10.0. The molecule has 3 heteroatoms. The first-order chi connectivity index (χ1) is 7.72. The maximum absolute atomic E-state index is 5.79. The smallest absolute Gasteiger partial charge is 0.119 e. The molecule has 1 aromatic rings. The van der Waals surface area contributed by atoms with Gasteiger partial charge in [0.15, 0.2) is 0 Å². The maximum atomic E-state index is 5.79. The minimum absolute atomic E-state index is 0.568. The van der Waals surface area contributed by atoms with Crippen molar-refractivity contribution in [1.29, 1.82) is 0 Å². The molecule has 0 spiro atoms. The van der Waals surface area contributed by atoms with Crippen LogP contribution in [0.4, 0.5) is 0 Å². The lowest BCUT2D eigenvalue weighted by molar-refractivity contribution is 0.298. The number of hydrogen-bond acceptors (Lipinski definition) is 2. The van der Waals surface area contributed by atoms with E-state index >= 15 is 0 Å². The molecule has 1 unspecified atom stereocenters. The van der Waals surface area contributed by atoms with Gasteiger partial charge >= 0.3 is 0 Å². The Morgan fingerprint density at radius 3 is 2.62 bits per heavy atom. The minimum Gasteiger partial charge on any atom is -0.494 e. The second kappa shape index (κ2) is 7.53. The highest BCUT2D eigenvalue weighted by Gasteiger charge is 1.99. The summed E-state index contributed by atoms with van der Waals surface area (Å²) in [6.07, 6.45) is 2.21. The zero-order chi connectivity index (χ0) is 11.8. The normalized spacial score (nSPS) is 12.4. The highest BCUT2D eigenvalue weighted by Crippen LogP contribution is 2.15. The van der Waals surface area contributed by atoms with Gasteiger partial charge in [-0.05, 0) is 50.6 Å². The van der Waals surface area contributed by atoms with E-state index in [-0.39, 0.29) is 0 Å². The Labute approximate surface area is 103 Å². The molecule has 0 aliphatic heterocycles.